The Hall–Kier alpha value is -3.78. The molecule has 5 rings (SSSR count). The Morgan fingerprint density at radius 3 is 2.80 bits per heavy atom. The lowest BCUT2D eigenvalue weighted by Gasteiger charge is -2.27. The lowest BCUT2D eigenvalue weighted by molar-refractivity contribution is -0.125. The van der Waals surface area contributed by atoms with Gasteiger partial charge in [0.25, 0.3) is 0 Å². The molecule has 178 valence electrons. The van der Waals surface area contributed by atoms with E-state index in [0.717, 1.165) is 17.2 Å². The first kappa shape index (κ1) is 23.0. The lowest BCUT2D eigenvalue weighted by atomic mass is 10.0. The van der Waals surface area contributed by atoms with Gasteiger partial charge in [-0.05, 0) is 23.9 Å². The Kier molecular flexibility index (Phi) is 5.98. The summed E-state index contributed by atoms with van der Waals surface area (Å²) >= 11 is 6.48. The molecule has 1 amide bonds. The average Bonchev–Trinajstić information content (AvgIpc) is 3.38. The van der Waals surface area contributed by atoms with E-state index in [4.69, 9.17) is 16.3 Å². The molecule has 0 N–H and O–H groups in total. The highest BCUT2D eigenvalue weighted by molar-refractivity contribution is 6.36. The van der Waals surface area contributed by atoms with Gasteiger partial charge >= 0.3 is 6.01 Å². The zero-order valence-corrected chi connectivity index (χ0v) is 20.1. The first-order valence-electron chi connectivity index (χ1n) is 11.1. The van der Waals surface area contributed by atoms with Gasteiger partial charge in [-0.3, -0.25) is 9.78 Å². The van der Waals surface area contributed by atoms with Crippen LogP contribution in [0.2, 0.25) is 5.02 Å². The van der Waals surface area contributed by atoms with Crippen molar-refractivity contribution >= 4 is 45.0 Å². The van der Waals surface area contributed by atoms with Crippen molar-refractivity contribution in [2.45, 2.75) is 12.5 Å². The standard InChI is InChI=1S/C26H23ClFN5O2/c1-4-20(34)33-12-11-16(14-33)32(2)25-18-13-29-23(22(28)24(18)30-26(31-25)35-3)17-9-5-7-15-8-6-10-19(27)21(15)17/h4-10,13,16H,1,11-12,14H2,2-3H3. The molecule has 9 heteroatoms. The predicted molar refractivity (Wildman–Crippen MR) is 135 cm³/mol. The van der Waals surface area contributed by atoms with E-state index < -0.39 is 5.82 Å². The molecule has 2 aromatic heterocycles. The molecule has 0 radical (unpaired) electrons. The van der Waals surface area contributed by atoms with Gasteiger partial charge in [-0.15, -0.1) is 0 Å². The molecule has 1 atom stereocenters. The Bertz CT molecular complexity index is 1470. The van der Waals surface area contributed by atoms with Crippen LogP contribution in [0, 0.1) is 5.82 Å². The van der Waals surface area contributed by atoms with Crippen LogP contribution >= 0.6 is 11.6 Å². The molecule has 0 aliphatic carbocycles. The first-order chi connectivity index (χ1) is 16.9. The molecule has 35 heavy (non-hydrogen) atoms. The molecule has 7 nitrogen and oxygen atoms in total. The topological polar surface area (TPSA) is 71.5 Å². The fourth-order valence-corrected chi connectivity index (χ4v) is 4.91. The first-order valence-corrected chi connectivity index (χ1v) is 11.5. The van der Waals surface area contributed by atoms with Crippen LogP contribution in [-0.4, -0.2) is 59.0 Å². The summed E-state index contributed by atoms with van der Waals surface area (Å²) in [5.74, 6) is -0.212. The Labute approximate surface area is 206 Å². The van der Waals surface area contributed by atoms with Gasteiger partial charge in [0, 0.05) is 48.3 Å². The fraction of sp³-hybridized carbons (Fsp3) is 0.231. The normalized spacial score (nSPS) is 15.5. The second kappa shape index (κ2) is 9.11. The molecule has 1 unspecified atom stereocenters. The monoisotopic (exact) mass is 491 g/mol. The summed E-state index contributed by atoms with van der Waals surface area (Å²) in [5, 5.41) is 2.57. The molecule has 4 aromatic rings. The zero-order valence-electron chi connectivity index (χ0n) is 19.3. The summed E-state index contributed by atoms with van der Waals surface area (Å²) in [4.78, 5) is 29.0. The van der Waals surface area contributed by atoms with Crippen molar-refractivity contribution in [1.29, 1.82) is 0 Å². The quantitative estimate of drug-likeness (QED) is 0.371. The molecule has 2 aromatic carbocycles. The summed E-state index contributed by atoms with van der Waals surface area (Å²) in [5.41, 5.74) is 0.827. The van der Waals surface area contributed by atoms with Crippen molar-refractivity contribution in [3.63, 3.8) is 0 Å². The number of hydrogen-bond acceptors (Lipinski definition) is 6. The number of nitrogens with zero attached hydrogens (tertiary/aromatic N) is 5. The zero-order chi connectivity index (χ0) is 24.7. The van der Waals surface area contributed by atoms with Gasteiger partial charge in [0.15, 0.2) is 5.82 Å². The molecule has 1 aliphatic rings. The number of carbonyl (C=O) groups excluding carboxylic acids is 1. The number of methoxy groups -OCH3 is 1. The van der Waals surface area contributed by atoms with Crippen molar-refractivity contribution in [1.82, 2.24) is 19.9 Å². The largest absolute Gasteiger partial charge is 0.467 e. The van der Waals surface area contributed by atoms with E-state index in [-0.39, 0.29) is 29.2 Å². The van der Waals surface area contributed by atoms with Crippen LogP contribution in [0.3, 0.4) is 0 Å². The molecule has 0 spiro atoms. The predicted octanol–water partition coefficient (Wildman–Crippen LogP) is 4.87. The molecule has 1 saturated heterocycles. The Morgan fingerprint density at radius 2 is 2.06 bits per heavy atom. The molecule has 0 saturated carbocycles. The molecular weight excluding hydrogens is 469 g/mol. The van der Waals surface area contributed by atoms with Gasteiger partial charge in [-0.2, -0.15) is 9.97 Å². The minimum atomic E-state index is -0.583. The number of likely N-dealkylation sites (tertiary alicyclic amines) is 1. The number of hydrogen-bond donors (Lipinski definition) is 0. The molecule has 1 fully saturated rings. The molecule has 3 heterocycles. The second-order valence-electron chi connectivity index (χ2n) is 8.40. The Balaban J connectivity index is 1.64. The van der Waals surface area contributed by atoms with E-state index in [0.29, 0.717) is 34.9 Å². The number of carbonyl (C=O) groups is 1. The number of likely N-dealkylation sites (N-methyl/N-ethyl adjacent to an activating group) is 1. The van der Waals surface area contributed by atoms with Crippen molar-refractivity contribution in [2.24, 2.45) is 0 Å². The Morgan fingerprint density at radius 1 is 1.29 bits per heavy atom. The number of benzene rings is 2. The van der Waals surface area contributed by atoms with Crippen LogP contribution in [0.15, 0.2) is 55.3 Å². The summed E-state index contributed by atoms with van der Waals surface area (Å²) in [6.07, 6.45) is 3.63. The number of aromatic nitrogens is 3. The number of fused-ring (bicyclic) bond motifs is 2. The van der Waals surface area contributed by atoms with Gasteiger partial charge in [0.1, 0.15) is 17.0 Å². The average molecular weight is 492 g/mol. The summed E-state index contributed by atoms with van der Waals surface area (Å²) in [6, 6.07) is 11.1. The number of ether oxygens (including phenoxy) is 1. The molecule has 0 bridgehead atoms. The van der Waals surface area contributed by atoms with Crippen LogP contribution in [0.5, 0.6) is 6.01 Å². The van der Waals surface area contributed by atoms with Crippen LogP contribution in [-0.2, 0) is 4.79 Å². The minimum absolute atomic E-state index is 0.0127. The SMILES string of the molecule is C=CC(=O)N1CCC(N(C)c2nc(OC)nc3c(F)c(-c4cccc5cccc(Cl)c45)ncc23)C1. The van der Waals surface area contributed by atoms with Gasteiger partial charge in [0.05, 0.1) is 12.5 Å². The van der Waals surface area contributed by atoms with E-state index in [1.165, 1.54) is 13.2 Å². The highest BCUT2D eigenvalue weighted by Gasteiger charge is 2.30. The maximum Gasteiger partial charge on any atom is 0.318 e. The highest BCUT2D eigenvalue weighted by Crippen LogP contribution is 2.37. The lowest BCUT2D eigenvalue weighted by Crippen LogP contribution is -2.36. The molecule has 1 aliphatic heterocycles. The van der Waals surface area contributed by atoms with Crippen molar-refractivity contribution in [2.75, 3.05) is 32.1 Å². The molecular formula is C26H23ClFN5O2. The van der Waals surface area contributed by atoms with E-state index in [1.54, 1.807) is 23.2 Å². The van der Waals surface area contributed by atoms with Crippen LogP contribution in [0.25, 0.3) is 32.9 Å². The van der Waals surface area contributed by atoms with E-state index in [9.17, 15) is 4.79 Å². The van der Waals surface area contributed by atoms with Crippen LogP contribution in [0.1, 0.15) is 6.42 Å². The van der Waals surface area contributed by atoms with Gasteiger partial charge in [0.2, 0.25) is 5.91 Å². The fourth-order valence-electron chi connectivity index (χ4n) is 4.62. The number of rotatable bonds is 5. The van der Waals surface area contributed by atoms with Crippen LogP contribution < -0.4 is 9.64 Å². The summed E-state index contributed by atoms with van der Waals surface area (Å²) in [7, 11) is 3.31. The van der Waals surface area contributed by atoms with E-state index in [2.05, 4.69) is 21.5 Å². The van der Waals surface area contributed by atoms with Gasteiger partial charge < -0.3 is 14.5 Å². The maximum absolute atomic E-state index is 16.0. The highest BCUT2D eigenvalue weighted by atomic mass is 35.5. The number of pyridine rings is 1. The summed E-state index contributed by atoms with van der Waals surface area (Å²) in [6.45, 7) is 4.69. The van der Waals surface area contributed by atoms with Gasteiger partial charge in [-0.1, -0.05) is 48.5 Å². The third-order valence-electron chi connectivity index (χ3n) is 6.47. The number of amides is 1. The maximum atomic E-state index is 16.0. The van der Waals surface area contributed by atoms with Gasteiger partial charge in [-0.25, -0.2) is 4.39 Å². The smallest absolute Gasteiger partial charge is 0.318 e. The minimum Gasteiger partial charge on any atom is -0.467 e. The third kappa shape index (κ3) is 3.93. The van der Waals surface area contributed by atoms with E-state index >= 15 is 4.39 Å². The third-order valence-corrected chi connectivity index (χ3v) is 6.78. The van der Waals surface area contributed by atoms with Crippen molar-refractivity contribution in [3.8, 4) is 17.3 Å². The van der Waals surface area contributed by atoms with Crippen molar-refractivity contribution in [3.05, 3.63) is 66.1 Å². The number of anilines is 1. The van der Waals surface area contributed by atoms with Crippen molar-refractivity contribution < 1.29 is 13.9 Å². The second-order valence-corrected chi connectivity index (χ2v) is 8.81. The van der Waals surface area contributed by atoms with Crippen LogP contribution in [0.4, 0.5) is 10.2 Å². The van der Waals surface area contributed by atoms with E-state index in [1.807, 2.05) is 36.2 Å². The summed E-state index contributed by atoms with van der Waals surface area (Å²) < 4.78 is 21.3. The number of halogens is 2.